The minimum atomic E-state index is -3.49. The molecule has 0 fully saturated rings. The van der Waals surface area contributed by atoms with E-state index in [1.807, 2.05) is 6.92 Å². The first-order valence-corrected chi connectivity index (χ1v) is 9.49. The van der Waals surface area contributed by atoms with Gasteiger partial charge in [0.2, 0.25) is 0 Å². The van der Waals surface area contributed by atoms with E-state index < -0.39 is 15.7 Å². The zero-order chi connectivity index (χ0) is 17.6. The van der Waals surface area contributed by atoms with E-state index in [0.717, 1.165) is 0 Å². The van der Waals surface area contributed by atoms with Gasteiger partial charge >= 0.3 is 0 Å². The topological polar surface area (TPSA) is 72.5 Å². The number of para-hydroxylation sites is 2. The van der Waals surface area contributed by atoms with Crippen molar-refractivity contribution in [2.45, 2.75) is 25.2 Å². The molecule has 24 heavy (non-hydrogen) atoms. The van der Waals surface area contributed by atoms with Crippen LogP contribution in [0.5, 0.6) is 5.75 Å². The molecular weight excluding hydrogens is 326 g/mol. The standard InChI is InChI=1S/C18H21NO4S/c1-3-13-24(21,22)17-12-8-5-9-14(17)18(20)19-15-10-6-7-11-16(15)23-4-2/h5-12H,3-4,13H2,1-2H3,(H,19,20). The van der Waals surface area contributed by atoms with Crippen LogP contribution in [0.2, 0.25) is 0 Å². The molecule has 1 N–H and O–H groups in total. The van der Waals surface area contributed by atoms with Gasteiger partial charge in [-0.1, -0.05) is 31.2 Å². The molecule has 0 aliphatic carbocycles. The SMILES string of the molecule is CCCS(=O)(=O)c1ccccc1C(=O)Nc1ccccc1OCC. The van der Waals surface area contributed by atoms with Crippen molar-refractivity contribution in [3.63, 3.8) is 0 Å². The van der Waals surface area contributed by atoms with E-state index in [-0.39, 0.29) is 16.2 Å². The van der Waals surface area contributed by atoms with Crippen LogP contribution in [0.4, 0.5) is 5.69 Å². The third-order valence-corrected chi connectivity index (χ3v) is 5.35. The molecule has 0 bridgehead atoms. The van der Waals surface area contributed by atoms with E-state index in [0.29, 0.717) is 24.5 Å². The van der Waals surface area contributed by atoms with Gasteiger partial charge in [0.05, 0.1) is 28.5 Å². The van der Waals surface area contributed by atoms with Crippen molar-refractivity contribution in [3.05, 3.63) is 54.1 Å². The highest BCUT2D eigenvalue weighted by atomic mass is 32.2. The summed E-state index contributed by atoms with van der Waals surface area (Å²) in [6.07, 6.45) is 0.492. The van der Waals surface area contributed by atoms with Crippen LogP contribution in [0.3, 0.4) is 0 Å². The Kier molecular flexibility index (Phi) is 5.98. The Bertz CT molecular complexity index is 815. The first-order valence-electron chi connectivity index (χ1n) is 7.84. The van der Waals surface area contributed by atoms with Crippen LogP contribution in [0, 0.1) is 0 Å². The summed E-state index contributed by atoms with van der Waals surface area (Å²) in [5, 5.41) is 2.74. The molecule has 6 heteroatoms. The van der Waals surface area contributed by atoms with E-state index in [1.165, 1.54) is 12.1 Å². The zero-order valence-electron chi connectivity index (χ0n) is 13.8. The first kappa shape index (κ1) is 18.0. The second-order valence-corrected chi connectivity index (χ2v) is 7.28. The molecule has 2 aromatic carbocycles. The molecule has 0 aromatic heterocycles. The van der Waals surface area contributed by atoms with Gasteiger partial charge in [0.1, 0.15) is 5.75 Å². The second-order valence-electron chi connectivity index (χ2n) is 5.20. The van der Waals surface area contributed by atoms with Crippen LogP contribution >= 0.6 is 0 Å². The quantitative estimate of drug-likeness (QED) is 0.832. The number of nitrogens with one attached hydrogen (secondary N) is 1. The van der Waals surface area contributed by atoms with Crippen molar-refractivity contribution in [1.29, 1.82) is 0 Å². The monoisotopic (exact) mass is 347 g/mol. The van der Waals surface area contributed by atoms with Crippen LogP contribution in [0.15, 0.2) is 53.4 Å². The lowest BCUT2D eigenvalue weighted by atomic mass is 10.2. The summed E-state index contributed by atoms with van der Waals surface area (Å²) in [6.45, 7) is 4.11. The maximum Gasteiger partial charge on any atom is 0.257 e. The molecule has 5 nitrogen and oxygen atoms in total. The fourth-order valence-electron chi connectivity index (χ4n) is 2.35. The fourth-order valence-corrected chi connectivity index (χ4v) is 3.88. The zero-order valence-corrected chi connectivity index (χ0v) is 14.6. The highest BCUT2D eigenvalue weighted by Crippen LogP contribution is 2.25. The Labute approximate surface area is 142 Å². The molecule has 0 atom stereocenters. The maximum absolute atomic E-state index is 12.6. The molecule has 0 unspecified atom stereocenters. The molecule has 128 valence electrons. The molecule has 0 saturated heterocycles. The lowest BCUT2D eigenvalue weighted by Gasteiger charge is -2.13. The van der Waals surface area contributed by atoms with Crippen LogP contribution < -0.4 is 10.1 Å². The minimum absolute atomic E-state index is 0.00677. The van der Waals surface area contributed by atoms with E-state index in [2.05, 4.69) is 5.32 Å². The molecule has 2 rings (SSSR count). The summed E-state index contributed by atoms with van der Waals surface area (Å²) in [6, 6.07) is 13.3. The maximum atomic E-state index is 12.6. The number of rotatable bonds is 7. The van der Waals surface area contributed by atoms with E-state index >= 15 is 0 Å². The number of sulfone groups is 1. The third-order valence-electron chi connectivity index (χ3n) is 3.37. The molecule has 0 aliphatic heterocycles. The summed E-state index contributed by atoms with van der Waals surface area (Å²) in [7, 11) is -3.49. The van der Waals surface area contributed by atoms with Crippen molar-refractivity contribution in [2.75, 3.05) is 17.7 Å². The lowest BCUT2D eigenvalue weighted by molar-refractivity contribution is 0.102. The predicted octanol–water partition coefficient (Wildman–Crippen LogP) is 3.52. The molecule has 0 radical (unpaired) electrons. The van der Waals surface area contributed by atoms with Gasteiger partial charge in [-0.2, -0.15) is 0 Å². The highest BCUT2D eigenvalue weighted by molar-refractivity contribution is 7.91. The van der Waals surface area contributed by atoms with Crippen molar-refractivity contribution in [1.82, 2.24) is 0 Å². The van der Waals surface area contributed by atoms with Gasteiger partial charge in [-0.3, -0.25) is 4.79 Å². The summed E-state index contributed by atoms with van der Waals surface area (Å²) in [4.78, 5) is 12.7. The number of carbonyl (C=O) groups is 1. The number of benzene rings is 2. The smallest absolute Gasteiger partial charge is 0.257 e. The highest BCUT2D eigenvalue weighted by Gasteiger charge is 2.22. The Balaban J connectivity index is 2.35. The Morgan fingerprint density at radius 1 is 1.04 bits per heavy atom. The normalized spacial score (nSPS) is 11.1. The molecule has 1 amide bonds. The van der Waals surface area contributed by atoms with E-state index in [4.69, 9.17) is 4.74 Å². The van der Waals surface area contributed by atoms with Gasteiger partial charge in [0.25, 0.3) is 5.91 Å². The van der Waals surface area contributed by atoms with Gasteiger partial charge in [-0.25, -0.2) is 8.42 Å². The molecule has 0 heterocycles. The van der Waals surface area contributed by atoms with Crippen LogP contribution in [-0.4, -0.2) is 26.7 Å². The van der Waals surface area contributed by atoms with Crippen LogP contribution in [0.25, 0.3) is 0 Å². The van der Waals surface area contributed by atoms with Crippen LogP contribution in [-0.2, 0) is 9.84 Å². The number of anilines is 1. The summed E-state index contributed by atoms with van der Waals surface area (Å²) in [5.74, 6) is 0.0759. The van der Waals surface area contributed by atoms with Gasteiger partial charge < -0.3 is 10.1 Å². The van der Waals surface area contributed by atoms with Crippen LogP contribution in [0.1, 0.15) is 30.6 Å². The van der Waals surface area contributed by atoms with Gasteiger partial charge in [0.15, 0.2) is 9.84 Å². The predicted molar refractivity (Wildman–Crippen MR) is 94.4 cm³/mol. The average Bonchev–Trinajstić information content (AvgIpc) is 2.57. The largest absolute Gasteiger partial charge is 0.492 e. The fraction of sp³-hybridized carbons (Fsp3) is 0.278. The van der Waals surface area contributed by atoms with Crippen molar-refractivity contribution >= 4 is 21.4 Å². The number of hydrogen-bond acceptors (Lipinski definition) is 4. The van der Waals surface area contributed by atoms with Gasteiger partial charge in [0, 0.05) is 0 Å². The summed E-state index contributed by atoms with van der Waals surface area (Å²) < 4.78 is 30.2. The Morgan fingerprint density at radius 3 is 2.42 bits per heavy atom. The van der Waals surface area contributed by atoms with Crippen molar-refractivity contribution in [2.24, 2.45) is 0 Å². The number of amides is 1. The van der Waals surface area contributed by atoms with Gasteiger partial charge in [-0.15, -0.1) is 0 Å². The molecule has 0 spiro atoms. The Morgan fingerprint density at radius 2 is 1.71 bits per heavy atom. The van der Waals surface area contributed by atoms with Crippen molar-refractivity contribution in [3.8, 4) is 5.75 Å². The average molecular weight is 347 g/mol. The number of carbonyl (C=O) groups excluding carboxylic acids is 1. The van der Waals surface area contributed by atoms with E-state index in [9.17, 15) is 13.2 Å². The van der Waals surface area contributed by atoms with Gasteiger partial charge in [-0.05, 0) is 37.6 Å². The minimum Gasteiger partial charge on any atom is -0.492 e. The van der Waals surface area contributed by atoms with Crippen molar-refractivity contribution < 1.29 is 17.9 Å². The Hall–Kier alpha value is -2.34. The lowest BCUT2D eigenvalue weighted by Crippen LogP contribution is -2.18. The molecular formula is C18H21NO4S. The molecule has 0 saturated carbocycles. The number of hydrogen-bond donors (Lipinski definition) is 1. The third kappa shape index (κ3) is 4.14. The number of ether oxygens (including phenoxy) is 1. The first-order chi connectivity index (χ1) is 11.5. The summed E-state index contributed by atoms with van der Waals surface area (Å²) >= 11 is 0. The second kappa shape index (κ2) is 7.97. The summed E-state index contributed by atoms with van der Waals surface area (Å²) in [5.41, 5.74) is 0.643. The van der Waals surface area contributed by atoms with E-state index in [1.54, 1.807) is 43.3 Å². The molecule has 0 aliphatic rings. The molecule has 2 aromatic rings.